The van der Waals surface area contributed by atoms with E-state index in [2.05, 4.69) is 37.3 Å². The topological polar surface area (TPSA) is 69.6 Å². The van der Waals surface area contributed by atoms with E-state index in [0.29, 0.717) is 19.4 Å². The minimum atomic E-state index is -0.447. The van der Waals surface area contributed by atoms with Crippen LogP contribution in [0.1, 0.15) is 50.3 Å². The van der Waals surface area contributed by atoms with Gasteiger partial charge in [0.2, 0.25) is 0 Å². The number of carbonyl (C=O) groups excluding carboxylic acids is 1. The zero-order valence-corrected chi connectivity index (χ0v) is 17.7. The second-order valence-corrected chi connectivity index (χ2v) is 8.35. The highest BCUT2D eigenvalue weighted by molar-refractivity contribution is 5.69. The second kappa shape index (κ2) is 9.69. The summed E-state index contributed by atoms with van der Waals surface area (Å²) in [6.45, 7) is 8.33. The summed E-state index contributed by atoms with van der Waals surface area (Å²) in [5, 5.41) is 0. The van der Waals surface area contributed by atoms with Crippen LogP contribution in [0.25, 0.3) is 0 Å². The van der Waals surface area contributed by atoms with Gasteiger partial charge in [-0.3, -0.25) is 9.79 Å². The molecule has 0 saturated carbocycles. The fraction of sp³-hybridized carbons (Fsp3) is 0.478. The van der Waals surface area contributed by atoms with Crippen LogP contribution in [0.4, 0.5) is 0 Å². The van der Waals surface area contributed by atoms with Gasteiger partial charge in [-0.2, -0.15) is 0 Å². The molecule has 1 aromatic heterocycles. The lowest BCUT2D eigenvalue weighted by molar-refractivity contribution is -0.155. The lowest BCUT2D eigenvalue weighted by Gasteiger charge is -2.20. The summed E-state index contributed by atoms with van der Waals surface area (Å²) in [6.07, 6.45) is 3.72. The van der Waals surface area contributed by atoms with Gasteiger partial charge in [-0.15, -0.1) is 0 Å². The molecule has 1 unspecified atom stereocenters. The zero-order valence-electron chi connectivity index (χ0n) is 17.7. The molecule has 1 aromatic carbocycles. The van der Waals surface area contributed by atoms with E-state index in [1.54, 1.807) is 0 Å². The normalized spacial score (nSPS) is 13.4. The van der Waals surface area contributed by atoms with Crippen molar-refractivity contribution in [3.05, 3.63) is 64.8 Å². The first kappa shape index (κ1) is 21.9. The van der Waals surface area contributed by atoms with Crippen LogP contribution in [0.2, 0.25) is 0 Å². The molecule has 0 spiro atoms. The van der Waals surface area contributed by atoms with Gasteiger partial charge >= 0.3 is 5.97 Å². The minimum Gasteiger partial charge on any atom is -0.460 e. The van der Waals surface area contributed by atoms with E-state index in [9.17, 15) is 4.79 Å². The van der Waals surface area contributed by atoms with E-state index >= 15 is 0 Å². The molecule has 5 heteroatoms. The Hall–Kier alpha value is -2.40. The molecule has 0 amide bonds. The molecule has 5 nitrogen and oxygen atoms in total. The van der Waals surface area contributed by atoms with Crippen molar-refractivity contribution in [3.63, 3.8) is 0 Å². The Morgan fingerprint density at radius 1 is 1.18 bits per heavy atom. The number of hydrogen-bond acceptors (Lipinski definition) is 4. The first-order chi connectivity index (χ1) is 13.1. The van der Waals surface area contributed by atoms with Crippen molar-refractivity contribution in [1.29, 1.82) is 0 Å². The van der Waals surface area contributed by atoms with Crippen LogP contribution in [-0.2, 0) is 29.5 Å². The van der Waals surface area contributed by atoms with Crippen molar-refractivity contribution in [2.45, 2.75) is 65.1 Å². The molecule has 0 saturated heterocycles. The number of aromatic nitrogens is 1. The van der Waals surface area contributed by atoms with Crippen LogP contribution in [-0.4, -0.2) is 22.2 Å². The van der Waals surface area contributed by atoms with Crippen molar-refractivity contribution >= 4 is 5.97 Å². The highest BCUT2D eigenvalue weighted by atomic mass is 16.6. The van der Waals surface area contributed by atoms with Gasteiger partial charge < -0.3 is 15.0 Å². The molecule has 1 heterocycles. The molecule has 2 N–H and O–H groups in total. The van der Waals surface area contributed by atoms with Crippen LogP contribution in [0.5, 0.6) is 0 Å². The van der Waals surface area contributed by atoms with E-state index in [1.165, 1.54) is 5.56 Å². The van der Waals surface area contributed by atoms with E-state index in [-0.39, 0.29) is 12.0 Å². The number of aryl methyl sites for hydroxylation is 2. The van der Waals surface area contributed by atoms with Gasteiger partial charge in [-0.25, -0.2) is 0 Å². The lowest BCUT2D eigenvalue weighted by Crippen LogP contribution is -2.27. The molecule has 0 fully saturated rings. The van der Waals surface area contributed by atoms with Gasteiger partial charge in [0.05, 0.1) is 6.54 Å². The van der Waals surface area contributed by atoms with Crippen molar-refractivity contribution in [2.75, 3.05) is 0 Å². The maximum Gasteiger partial charge on any atom is 0.306 e. The predicted molar refractivity (Wildman–Crippen MR) is 113 cm³/mol. The number of hydrogen-bond donors (Lipinski definition) is 1. The fourth-order valence-electron chi connectivity index (χ4n) is 3.02. The molecular formula is C23H33N3O2. The number of carbonyl (C=O) groups is 1. The van der Waals surface area contributed by atoms with E-state index in [1.807, 2.05) is 44.6 Å². The fourth-order valence-corrected chi connectivity index (χ4v) is 3.02. The SMILES string of the molecule is Cc1cccn(C)c1=NCc1ccc(CC(N)CCC(=O)OC(C)(C)C)cc1. The number of ether oxygens (including phenoxy) is 1. The van der Waals surface area contributed by atoms with Gasteiger partial charge in [0.25, 0.3) is 0 Å². The Balaban J connectivity index is 1.88. The molecule has 0 radical (unpaired) electrons. The number of pyridine rings is 1. The molecule has 0 aliphatic carbocycles. The minimum absolute atomic E-state index is 0.0610. The quantitative estimate of drug-likeness (QED) is 0.745. The summed E-state index contributed by atoms with van der Waals surface area (Å²) >= 11 is 0. The summed E-state index contributed by atoms with van der Waals surface area (Å²) in [4.78, 5) is 16.5. The van der Waals surface area contributed by atoms with Crippen molar-refractivity contribution in [2.24, 2.45) is 17.8 Å². The highest BCUT2D eigenvalue weighted by Crippen LogP contribution is 2.12. The largest absolute Gasteiger partial charge is 0.460 e. The summed E-state index contributed by atoms with van der Waals surface area (Å²) in [5.74, 6) is -0.190. The summed E-state index contributed by atoms with van der Waals surface area (Å²) in [5.41, 5.74) is 10.2. The first-order valence-electron chi connectivity index (χ1n) is 9.82. The first-order valence-corrected chi connectivity index (χ1v) is 9.82. The molecule has 0 aliphatic rings. The molecule has 2 aromatic rings. The third-order valence-electron chi connectivity index (χ3n) is 4.41. The summed E-state index contributed by atoms with van der Waals surface area (Å²) < 4.78 is 7.36. The Morgan fingerprint density at radius 2 is 1.82 bits per heavy atom. The van der Waals surface area contributed by atoms with E-state index < -0.39 is 5.60 Å². The third kappa shape index (κ3) is 7.31. The van der Waals surface area contributed by atoms with Crippen molar-refractivity contribution < 1.29 is 9.53 Å². The molecule has 0 bridgehead atoms. The molecular weight excluding hydrogens is 350 g/mol. The average molecular weight is 384 g/mol. The number of esters is 1. The van der Waals surface area contributed by atoms with E-state index in [4.69, 9.17) is 15.5 Å². The smallest absolute Gasteiger partial charge is 0.306 e. The molecule has 152 valence electrons. The number of nitrogens with two attached hydrogens (primary N) is 1. The molecule has 1 atom stereocenters. The third-order valence-corrected chi connectivity index (χ3v) is 4.41. The predicted octanol–water partition coefficient (Wildman–Crippen LogP) is 3.43. The second-order valence-electron chi connectivity index (χ2n) is 8.35. The lowest BCUT2D eigenvalue weighted by atomic mass is 10.0. The molecule has 0 aliphatic heterocycles. The van der Waals surface area contributed by atoms with Crippen LogP contribution >= 0.6 is 0 Å². The van der Waals surface area contributed by atoms with E-state index in [0.717, 1.165) is 23.0 Å². The summed E-state index contributed by atoms with van der Waals surface area (Å²) in [6, 6.07) is 12.4. The van der Waals surface area contributed by atoms with Crippen LogP contribution in [0, 0.1) is 6.92 Å². The van der Waals surface area contributed by atoms with Gasteiger partial charge in [0.1, 0.15) is 11.1 Å². The standard InChI is InChI=1S/C23H33N3O2/c1-17-7-6-14-26(5)22(17)25-16-19-10-8-18(9-11-19)15-20(24)12-13-21(27)28-23(2,3)4/h6-11,14,20H,12-13,15-16,24H2,1-5H3. The highest BCUT2D eigenvalue weighted by Gasteiger charge is 2.17. The monoisotopic (exact) mass is 383 g/mol. The summed E-state index contributed by atoms with van der Waals surface area (Å²) in [7, 11) is 2.01. The van der Waals surface area contributed by atoms with Crippen LogP contribution < -0.4 is 11.2 Å². The number of nitrogens with zero attached hydrogens (tertiary/aromatic N) is 2. The molecule has 28 heavy (non-hydrogen) atoms. The number of rotatable bonds is 7. The van der Waals surface area contributed by atoms with Crippen molar-refractivity contribution in [1.82, 2.24) is 4.57 Å². The maximum absolute atomic E-state index is 11.8. The van der Waals surface area contributed by atoms with Crippen molar-refractivity contribution in [3.8, 4) is 0 Å². The van der Waals surface area contributed by atoms with Crippen LogP contribution in [0.15, 0.2) is 47.6 Å². The Kier molecular flexibility index (Phi) is 7.58. The van der Waals surface area contributed by atoms with Gasteiger partial charge in [0.15, 0.2) is 0 Å². The number of benzene rings is 1. The molecule has 2 rings (SSSR count). The van der Waals surface area contributed by atoms with Gasteiger partial charge in [0, 0.05) is 25.7 Å². The van der Waals surface area contributed by atoms with Gasteiger partial charge in [-0.05, 0) is 63.3 Å². The Morgan fingerprint density at radius 3 is 2.43 bits per heavy atom. The van der Waals surface area contributed by atoms with Gasteiger partial charge in [-0.1, -0.05) is 30.3 Å². The zero-order chi connectivity index (χ0) is 20.7. The van der Waals surface area contributed by atoms with Crippen LogP contribution in [0.3, 0.4) is 0 Å². The Labute approximate surface area is 168 Å². The Bertz CT molecular complexity index is 822. The maximum atomic E-state index is 11.8. The average Bonchev–Trinajstić information content (AvgIpc) is 2.59.